The molecular weight excluding hydrogens is 352 g/mol. The average molecular weight is 380 g/mol. The summed E-state index contributed by atoms with van der Waals surface area (Å²) in [7, 11) is 0. The Bertz CT molecular complexity index is 796. The molecule has 148 valence electrons. The number of carbonyl (C=O) groups is 1. The molecule has 3 heterocycles. The van der Waals surface area contributed by atoms with Gasteiger partial charge in [-0.3, -0.25) is 14.7 Å². The second-order valence-corrected chi connectivity index (χ2v) is 7.59. The fourth-order valence-electron chi connectivity index (χ4n) is 3.99. The van der Waals surface area contributed by atoms with Crippen LogP contribution in [0.15, 0.2) is 36.7 Å². The van der Waals surface area contributed by atoms with Gasteiger partial charge in [-0.1, -0.05) is 30.7 Å². The van der Waals surface area contributed by atoms with Crippen molar-refractivity contribution in [1.82, 2.24) is 19.8 Å². The molecular formula is C22H28N4O2. The molecule has 2 aromatic rings. The molecule has 4 rings (SSSR count). The number of morpholine rings is 1. The second kappa shape index (κ2) is 8.80. The molecule has 2 fully saturated rings. The summed E-state index contributed by atoms with van der Waals surface area (Å²) in [5.74, 6) is -0.0759. The topological polar surface area (TPSA) is 58.6 Å². The molecule has 6 heteroatoms. The van der Waals surface area contributed by atoms with Gasteiger partial charge in [0.1, 0.15) is 5.69 Å². The lowest BCUT2D eigenvalue weighted by Gasteiger charge is -2.32. The molecule has 2 saturated heterocycles. The molecule has 0 aliphatic carbocycles. The molecule has 1 unspecified atom stereocenters. The van der Waals surface area contributed by atoms with E-state index < -0.39 is 0 Å². The first-order chi connectivity index (χ1) is 13.7. The van der Waals surface area contributed by atoms with E-state index in [9.17, 15) is 4.79 Å². The maximum absolute atomic E-state index is 12.7. The number of likely N-dealkylation sites (tertiary alicyclic amines) is 1. The van der Waals surface area contributed by atoms with Crippen molar-refractivity contribution in [1.29, 1.82) is 0 Å². The lowest BCUT2D eigenvalue weighted by molar-refractivity contribution is 0.0299. The Morgan fingerprint density at radius 1 is 1.00 bits per heavy atom. The molecule has 0 bridgehead atoms. The summed E-state index contributed by atoms with van der Waals surface area (Å²) in [6, 6.07) is 8.94. The third kappa shape index (κ3) is 4.23. The van der Waals surface area contributed by atoms with Crippen LogP contribution in [0.1, 0.15) is 48.3 Å². The molecule has 0 saturated carbocycles. The van der Waals surface area contributed by atoms with E-state index in [0.29, 0.717) is 38.0 Å². The highest BCUT2D eigenvalue weighted by Gasteiger charge is 2.21. The minimum atomic E-state index is -0.0759. The van der Waals surface area contributed by atoms with Crippen LogP contribution >= 0.6 is 0 Å². The molecule has 0 N–H and O–H groups in total. The Kier molecular flexibility index (Phi) is 5.98. The van der Waals surface area contributed by atoms with Crippen LogP contribution < -0.4 is 0 Å². The van der Waals surface area contributed by atoms with E-state index in [-0.39, 0.29) is 5.91 Å². The van der Waals surface area contributed by atoms with Gasteiger partial charge < -0.3 is 9.64 Å². The highest BCUT2D eigenvalue weighted by Crippen LogP contribution is 2.26. The van der Waals surface area contributed by atoms with Crippen LogP contribution in [-0.2, 0) is 4.74 Å². The standard InChI is InChI=1S/C22H28N4O2/c1-17(25-9-3-2-4-10-25)18-5-7-19(8-6-18)20-15-23-16-21(24-20)22(27)26-11-13-28-14-12-26/h5-8,15-17H,2-4,9-14H2,1H3. The second-order valence-electron chi connectivity index (χ2n) is 7.59. The van der Waals surface area contributed by atoms with E-state index in [1.807, 2.05) is 0 Å². The number of piperidine rings is 1. The molecule has 0 radical (unpaired) electrons. The van der Waals surface area contributed by atoms with Gasteiger partial charge in [0, 0.05) is 24.7 Å². The highest BCUT2D eigenvalue weighted by atomic mass is 16.5. The third-order valence-corrected chi connectivity index (χ3v) is 5.78. The number of nitrogens with zero attached hydrogens (tertiary/aromatic N) is 4. The summed E-state index contributed by atoms with van der Waals surface area (Å²) in [5, 5.41) is 0. The Balaban J connectivity index is 1.49. The summed E-state index contributed by atoms with van der Waals surface area (Å²) < 4.78 is 5.32. The molecule has 1 aromatic heterocycles. The number of hydrogen-bond donors (Lipinski definition) is 0. The largest absolute Gasteiger partial charge is 0.378 e. The lowest BCUT2D eigenvalue weighted by atomic mass is 10.0. The minimum Gasteiger partial charge on any atom is -0.378 e. The number of hydrogen-bond acceptors (Lipinski definition) is 5. The van der Waals surface area contributed by atoms with Crippen molar-refractivity contribution in [3.8, 4) is 11.3 Å². The van der Waals surface area contributed by atoms with E-state index in [2.05, 4.69) is 46.1 Å². The van der Waals surface area contributed by atoms with Gasteiger partial charge in [-0.25, -0.2) is 4.98 Å². The molecule has 1 amide bonds. The van der Waals surface area contributed by atoms with Gasteiger partial charge >= 0.3 is 0 Å². The molecule has 1 atom stereocenters. The first-order valence-corrected chi connectivity index (χ1v) is 10.3. The van der Waals surface area contributed by atoms with Crippen LogP contribution in [0.3, 0.4) is 0 Å². The summed E-state index contributed by atoms with van der Waals surface area (Å²) in [6.07, 6.45) is 7.21. The van der Waals surface area contributed by atoms with Crippen molar-refractivity contribution in [3.05, 3.63) is 47.9 Å². The van der Waals surface area contributed by atoms with Crippen molar-refractivity contribution in [2.24, 2.45) is 0 Å². The first-order valence-electron chi connectivity index (χ1n) is 10.3. The monoisotopic (exact) mass is 380 g/mol. The fourth-order valence-corrected chi connectivity index (χ4v) is 3.99. The SMILES string of the molecule is CC(c1ccc(-c2cncc(C(=O)N3CCOCC3)n2)cc1)N1CCCCC1. The maximum Gasteiger partial charge on any atom is 0.274 e. The molecule has 1 aromatic carbocycles. The zero-order valence-electron chi connectivity index (χ0n) is 16.5. The summed E-state index contributed by atoms with van der Waals surface area (Å²) in [4.78, 5) is 25.8. The van der Waals surface area contributed by atoms with Crippen LogP contribution in [-0.4, -0.2) is 65.1 Å². The molecule has 28 heavy (non-hydrogen) atoms. The van der Waals surface area contributed by atoms with Crippen molar-refractivity contribution in [2.45, 2.75) is 32.2 Å². The van der Waals surface area contributed by atoms with E-state index >= 15 is 0 Å². The highest BCUT2D eigenvalue weighted by molar-refractivity contribution is 5.92. The van der Waals surface area contributed by atoms with Crippen LogP contribution in [0.25, 0.3) is 11.3 Å². The Hall–Kier alpha value is -2.31. The van der Waals surface area contributed by atoms with Gasteiger partial charge in [0.2, 0.25) is 0 Å². The van der Waals surface area contributed by atoms with E-state index in [1.54, 1.807) is 17.3 Å². The Morgan fingerprint density at radius 2 is 1.71 bits per heavy atom. The van der Waals surface area contributed by atoms with Crippen molar-refractivity contribution in [2.75, 3.05) is 39.4 Å². The number of benzene rings is 1. The van der Waals surface area contributed by atoms with Gasteiger partial charge in [0.05, 0.1) is 31.3 Å². The summed E-state index contributed by atoms with van der Waals surface area (Å²) >= 11 is 0. The smallest absolute Gasteiger partial charge is 0.274 e. The predicted octanol–water partition coefficient (Wildman–Crippen LogP) is 3.16. The zero-order valence-corrected chi connectivity index (χ0v) is 16.5. The van der Waals surface area contributed by atoms with Crippen molar-refractivity contribution >= 4 is 5.91 Å². The minimum absolute atomic E-state index is 0.0759. The van der Waals surface area contributed by atoms with Gasteiger partial charge in [-0.2, -0.15) is 0 Å². The first kappa shape index (κ1) is 19.0. The quantitative estimate of drug-likeness (QED) is 0.815. The van der Waals surface area contributed by atoms with Gasteiger partial charge in [-0.05, 0) is 38.4 Å². The van der Waals surface area contributed by atoms with E-state index in [0.717, 1.165) is 11.3 Å². The lowest BCUT2D eigenvalue weighted by Crippen LogP contribution is -2.41. The maximum atomic E-state index is 12.7. The number of amides is 1. The normalized spacial score (nSPS) is 19.4. The third-order valence-electron chi connectivity index (χ3n) is 5.78. The van der Waals surface area contributed by atoms with E-state index in [1.165, 1.54) is 37.9 Å². The number of rotatable bonds is 4. The van der Waals surface area contributed by atoms with Crippen LogP contribution in [0.4, 0.5) is 0 Å². The molecule has 2 aliphatic rings. The van der Waals surface area contributed by atoms with Gasteiger partial charge in [-0.15, -0.1) is 0 Å². The van der Waals surface area contributed by atoms with Gasteiger partial charge in [0.15, 0.2) is 0 Å². The molecule has 0 spiro atoms. The Labute approximate surface area is 166 Å². The summed E-state index contributed by atoms with van der Waals surface area (Å²) in [5.41, 5.74) is 3.43. The number of ether oxygens (including phenoxy) is 1. The van der Waals surface area contributed by atoms with Crippen molar-refractivity contribution < 1.29 is 9.53 Å². The Morgan fingerprint density at radius 3 is 2.43 bits per heavy atom. The molecule has 6 nitrogen and oxygen atoms in total. The molecule has 2 aliphatic heterocycles. The average Bonchev–Trinajstić information content (AvgIpc) is 2.79. The van der Waals surface area contributed by atoms with Crippen LogP contribution in [0.2, 0.25) is 0 Å². The van der Waals surface area contributed by atoms with E-state index in [4.69, 9.17) is 4.74 Å². The number of aromatic nitrogens is 2. The van der Waals surface area contributed by atoms with Crippen LogP contribution in [0.5, 0.6) is 0 Å². The van der Waals surface area contributed by atoms with Crippen molar-refractivity contribution in [3.63, 3.8) is 0 Å². The van der Waals surface area contributed by atoms with Crippen LogP contribution in [0, 0.1) is 0 Å². The van der Waals surface area contributed by atoms with Gasteiger partial charge in [0.25, 0.3) is 5.91 Å². The zero-order chi connectivity index (χ0) is 19.3. The fraction of sp³-hybridized carbons (Fsp3) is 0.500. The predicted molar refractivity (Wildman–Crippen MR) is 108 cm³/mol. The summed E-state index contributed by atoms with van der Waals surface area (Å²) in [6.45, 7) is 7.01. The number of carbonyl (C=O) groups excluding carboxylic acids is 1.